The molecule has 0 radical (unpaired) electrons. The predicted molar refractivity (Wildman–Crippen MR) is 79.4 cm³/mol. The summed E-state index contributed by atoms with van der Waals surface area (Å²) in [5, 5.41) is 6.91. The van der Waals surface area contributed by atoms with E-state index >= 15 is 0 Å². The molecule has 0 amide bonds. The molecule has 0 aliphatic heterocycles. The van der Waals surface area contributed by atoms with Gasteiger partial charge in [-0.1, -0.05) is 32.0 Å². The van der Waals surface area contributed by atoms with E-state index in [0.717, 1.165) is 11.4 Å². The fraction of sp³-hybridized carbons (Fsp3) is 0.267. The summed E-state index contributed by atoms with van der Waals surface area (Å²) < 4.78 is 5.61. The highest BCUT2D eigenvalue weighted by molar-refractivity contribution is 5.76. The lowest BCUT2D eigenvalue weighted by Gasteiger charge is -2.06. The second-order valence-corrected chi connectivity index (χ2v) is 5.10. The first-order valence-electron chi connectivity index (χ1n) is 6.80. The van der Waals surface area contributed by atoms with Crippen LogP contribution in [0.5, 0.6) is 5.75 Å². The number of aromatic amines is 2. The maximum absolute atomic E-state index is 12.0. The van der Waals surface area contributed by atoms with Crippen molar-refractivity contribution in [3.05, 3.63) is 52.2 Å². The molecule has 0 atom stereocenters. The number of nitrogens with zero attached hydrogens (tertiary/aromatic N) is 2. The third-order valence-electron chi connectivity index (χ3n) is 3.16. The second-order valence-electron chi connectivity index (χ2n) is 5.10. The summed E-state index contributed by atoms with van der Waals surface area (Å²) in [6, 6.07) is 9.41. The Kier molecular flexibility index (Phi) is 3.43. The molecule has 3 aromatic rings. The number of ether oxygens (including phenoxy) is 1. The minimum atomic E-state index is -0.230. The van der Waals surface area contributed by atoms with Crippen LogP contribution >= 0.6 is 0 Å². The summed E-state index contributed by atoms with van der Waals surface area (Å²) in [6.07, 6.45) is 0. The number of rotatable bonds is 4. The van der Waals surface area contributed by atoms with Gasteiger partial charge < -0.3 is 9.72 Å². The first-order valence-corrected chi connectivity index (χ1v) is 6.80. The number of hydrogen-bond acceptors (Lipinski definition) is 4. The van der Waals surface area contributed by atoms with Gasteiger partial charge in [-0.15, -0.1) is 0 Å². The molecule has 2 aromatic heterocycles. The van der Waals surface area contributed by atoms with Crippen molar-refractivity contribution in [2.45, 2.75) is 26.4 Å². The molecule has 108 valence electrons. The molecule has 3 rings (SSSR count). The van der Waals surface area contributed by atoms with Gasteiger partial charge in [0.25, 0.3) is 5.56 Å². The maximum atomic E-state index is 12.0. The highest BCUT2D eigenvalue weighted by Gasteiger charge is 2.14. The molecule has 6 heteroatoms. The summed E-state index contributed by atoms with van der Waals surface area (Å²) in [5.41, 5.74) is 1.57. The molecule has 0 spiro atoms. The van der Waals surface area contributed by atoms with Crippen molar-refractivity contribution in [2.75, 3.05) is 0 Å². The van der Waals surface area contributed by atoms with Crippen LogP contribution < -0.4 is 10.3 Å². The largest absolute Gasteiger partial charge is 0.486 e. The SMILES string of the molecule is CC(C)c1n[nH]c2c(=O)[nH]c(COc3ccccc3)nc12. The lowest BCUT2D eigenvalue weighted by molar-refractivity contribution is 0.296. The number of fused-ring (bicyclic) bond motifs is 1. The van der Waals surface area contributed by atoms with Crippen LogP contribution in [0.25, 0.3) is 11.0 Å². The third kappa shape index (κ3) is 2.65. The topological polar surface area (TPSA) is 83.7 Å². The van der Waals surface area contributed by atoms with E-state index in [9.17, 15) is 4.79 Å². The lowest BCUT2D eigenvalue weighted by atomic mass is 10.1. The van der Waals surface area contributed by atoms with Gasteiger partial charge in [-0.05, 0) is 18.1 Å². The number of aromatic nitrogens is 4. The first-order chi connectivity index (χ1) is 10.1. The highest BCUT2D eigenvalue weighted by atomic mass is 16.5. The number of para-hydroxylation sites is 1. The summed E-state index contributed by atoms with van der Waals surface area (Å²) in [7, 11) is 0. The second kappa shape index (κ2) is 5.40. The molecule has 1 aromatic carbocycles. The van der Waals surface area contributed by atoms with Gasteiger partial charge in [0, 0.05) is 0 Å². The van der Waals surface area contributed by atoms with Crippen LogP contribution in [-0.4, -0.2) is 20.2 Å². The van der Waals surface area contributed by atoms with Crippen molar-refractivity contribution in [3.63, 3.8) is 0 Å². The van der Waals surface area contributed by atoms with Crippen LogP contribution in [0, 0.1) is 0 Å². The van der Waals surface area contributed by atoms with E-state index in [-0.39, 0.29) is 18.1 Å². The standard InChI is InChI=1S/C15H16N4O2/c1-9(2)12-13-14(19-18-12)15(20)17-11(16-13)8-21-10-6-4-3-5-7-10/h3-7,9H,8H2,1-2H3,(H,18,19)(H,16,17,20). The molecule has 0 fully saturated rings. The van der Waals surface area contributed by atoms with Crippen molar-refractivity contribution in [3.8, 4) is 5.75 Å². The Morgan fingerprint density at radius 3 is 2.71 bits per heavy atom. The molecule has 0 saturated heterocycles. The monoisotopic (exact) mass is 284 g/mol. The summed E-state index contributed by atoms with van der Waals surface area (Å²) in [6.45, 7) is 4.23. The van der Waals surface area contributed by atoms with Crippen molar-refractivity contribution < 1.29 is 4.74 Å². The van der Waals surface area contributed by atoms with E-state index in [1.807, 2.05) is 44.2 Å². The molecular formula is C15H16N4O2. The van der Waals surface area contributed by atoms with E-state index in [4.69, 9.17) is 4.74 Å². The minimum Gasteiger partial charge on any atom is -0.486 e. The van der Waals surface area contributed by atoms with Crippen molar-refractivity contribution >= 4 is 11.0 Å². The summed E-state index contributed by atoms with van der Waals surface area (Å²) >= 11 is 0. The maximum Gasteiger partial charge on any atom is 0.276 e. The van der Waals surface area contributed by atoms with Crippen LogP contribution in [0.15, 0.2) is 35.1 Å². The quantitative estimate of drug-likeness (QED) is 0.770. The average Bonchev–Trinajstić information content (AvgIpc) is 2.91. The molecule has 2 N–H and O–H groups in total. The van der Waals surface area contributed by atoms with E-state index in [1.165, 1.54) is 0 Å². The number of hydrogen-bond donors (Lipinski definition) is 2. The van der Waals surface area contributed by atoms with E-state index in [0.29, 0.717) is 16.9 Å². The zero-order chi connectivity index (χ0) is 14.8. The number of benzene rings is 1. The number of H-pyrrole nitrogens is 2. The zero-order valence-electron chi connectivity index (χ0n) is 11.9. The third-order valence-corrected chi connectivity index (χ3v) is 3.16. The highest BCUT2D eigenvalue weighted by Crippen LogP contribution is 2.19. The van der Waals surface area contributed by atoms with Gasteiger partial charge >= 0.3 is 0 Å². The zero-order valence-corrected chi connectivity index (χ0v) is 11.9. The first kappa shape index (κ1) is 13.4. The van der Waals surface area contributed by atoms with Gasteiger partial charge in [0.05, 0.1) is 5.69 Å². The Bertz CT molecular complexity index is 805. The fourth-order valence-corrected chi connectivity index (χ4v) is 2.12. The Hall–Kier alpha value is -2.63. The Balaban J connectivity index is 1.92. The Morgan fingerprint density at radius 2 is 2.00 bits per heavy atom. The van der Waals surface area contributed by atoms with E-state index in [1.54, 1.807) is 0 Å². The molecular weight excluding hydrogens is 268 g/mol. The van der Waals surface area contributed by atoms with E-state index in [2.05, 4.69) is 20.2 Å². The molecule has 21 heavy (non-hydrogen) atoms. The fourth-order valence-electron chi connectivity index (χ4n) is 2.12. The summed E-state index contributed by atoms with van der Waals surface area (Å²) in [4.78, 5) is 19.2. The van der Waals surface area contributed by atoms with Crippen LogP contribution in [0.2, 0.25) is 0 Å². The lowest BCUT2D eigenvalue weighted by Crippen LogP contribution is -2.13. The van der Waals surface area contributed by atoms with Crippen molar-refractivity contribution in [1.82, 2.24) is 20.2 Å². The molecule has 0 unspecified atom stereocenters. The molecule has 6 nitrogen and oxygen atoms in total. The van der Waals surface area contributed by atoms with Crippen LogP contribution in [0.3, 0.4) is 0 Å². The Morgan fingerprint density at radius 1 is 1.24 bits per heavy atom. The van der Waals surface area contributed by atoms with Crippen molar-refractivity contribution in [1.29, 1.82) is 0 Å². The van der Waals surface area contributed by atoms with Crippen molar-refractivity contribution in [2.24, 2.45) is 0 Å². The smallest absolute Gasteiger partial charge is 0.276 e. The minimum absolute atomic E-state index is 0.191. The van der Waals surface area contributed by atoms with Crippen LogP contribution in [-0.2, 0) is 6.61 Å². The predicted octanol–water partition coefficient (Wildman–Crippen LogP) is 2.35. The van der Waals surface area contributed by atoms with Gasteiger partial charge in [-0.2, -0.15) is 5.10 Å². The van der Waals surface area contributed by atoms with Crippen LogP contribution in [0.1, 0.15) is 31.3 Å². The van der Waals surface area contributed by atoms with E-state index < -0.39 is 0 Å². The molecule has 2 heterocycles. The molecule has 0 aliphatic carbocycles. The van der Waals surface area contributed by atoms with Gasteiger partial charge in [0.15, 0.2) is 0 Å². The molecule has 0 bridgehead atoms. The Labute approximate surface area is 121 Å². The summed E-state index contributed by atoms with van der Waals surface area (Å²) in [5.74, 6) is 1.41. The number of nitrogens with one attached hydrogen (secondary N) is 2. The molecule has 0 saturated carbocycles. The van der Waals surface area contributed by atoms with Crippen LogP contribution in [0.4, 0.5) is 0 Å². The average molecular weight is 284 g/mol. The van der Waals surface area contributed by atoms with Gasteiger partial charge in [-0.25, -0.2) is 4.98 Å². The molecule has 0 aliphatic rings. The van der Waals surface area contributed by atoms with Gasteiger partial charge in [-0.3, -0.25) is 9.89 Å². The van der Waals surface area contributed by atoms with Gasteiger partial charge in [0.1, 0.15) is 29.2 Å². The normalized spacial score (nSPS) is 11.2. The van der Waals surface area contributed by atoms with Gasteiger partial charge in [0.2, 0.25) is 0 Å².